The minimum absolute atomic E-state index is 0.602. The molecular formula is C14H25N3O. The third-order valence-electron chi connectivity index (χ3n) is 3.81. The molecule has 1 fully saturated rings. The molecule has 1 heterocycles. The Hall–Kier alpha value is -1.03. The number of hydrogen-bond acceptors (Lipinski definition) is 3. The van der Waals surface area contributed by atoms with Crippen LogP contribution in [0.4, 0.5) is 5.95 Å². The summed E-state index contributed by atoms with van der Waals surface area (Å²) >= 11 is 0. The van der Waals surface area contributed by atoms with Gasteiger partial charge in [0.15, 0.2) is 0 Å². The molecule has 0 radical (unpaired) electrons. The highest BCUT2D eigenvalue weighted by atomic mass is 16.5. The summed E-state index contributed by atoms with van der Waals surface area (Å²) in [6.07, 6.45) is 10.2. The molecule has 0 unspecified atom stereocenters. The Morgan fingerprint density at radius 1 is 1.39 bits per heavy atom. The van der Waals surface area contributed by atoms with Gasteiger partial charge in [-0.2, -0.15) is 0 Å². The molecular weight excluding hydrogens is 226 g/mol. The zero-order valence-electron chi connectivity index (χ0n) is 11.6. The molecule has 1 aliphatic rings. The van der Waals surface area contributed by atoms with Crippen LogP contribution in [-0.2, 0) is 11.3 Å². The molecule has 0 spiro atoms. The van der Waals surface area contributed by atoms with E-state index in [1.54, 1.807) is 7.11 Å². The van der Waals surface area contributed by atoms with Crippen molar-refractivity contribution < 1.29 is 4.74 Å². The third kappa shape index (κ3) is 3.73. The Labute approximate surface area is 110 Å². The van der Waals surface area contributed by atoms with Crippen LogP contribution in [0.2, 0.25) is 0 Å². The SMILES string of the molecule is COCCCn1ccnc1NC1CCC(C)CC1. The average molecular weight is 251 g/mol. The first-order valence-electron chi connectivity index (χ1n) is 7.06. The van der Waals surface area contributed by atoms with E-state index in [2.05, 4.69) is 21.8 Å². The van der Waals surface area contributed by atoms with Crippen LogP contribution in [0.5, 0.6) is 0 Å². The van der Waals surface area contributed by atoms with Crippen molar-refractivity contribution in [3.05, 3.63) is 12.4 Å². The number of anilines is 1. The highest BCUT2D eigenvalue weighted by Gasteiger charge is 2.19. The van der Waals surface area contributed by atoms with Gasteiger partial charge in [0.2, 0.25) is 5.95 Å². The first kappa shape index (κ1) is 13.4. The van der Waals surface area contributed by atoms with Gasteiger partial charge in [-0.05, 0) is 38.0 Å². The van der Waals surface area contributed by atoms with E-state index in [-0.39, 0.29) is 0 Å². The van der Waals surface area contributed by atoms with Crippen molar-refractivity contribution in [1.82, 2.24) is 9.55 Å². The summed E-state index contributed by atoms with van der Waals surface area (Å²) in [5.74, 6) is 1.91. The van der Waals surface area contributed by atoms with E-state index in [0.717, 1.165) is 31.4 Å². The molecule has 0 amide bonds. The number of aryl methyl sites for hydroxylation is 1. The van der Waals surface area contributed by atoms with Gasteiger partial charge in [-0.25, -0.2) is 4.98 Å². The molecule has 1 aromatic rings. The fourth-order valence-electron chi connectivity index (χ4n) is 2.60. The zero-order valence-corrected chi connectivity index (χ0v) is 11.6. The monoisotopic (exact) mass is 251 g/mol. The first-order chi connectivity index (χ1) is 8.79. The van der Waals surface area contributed by atoms with Gasteiger partial charge in [0.1, 0.15) is 0 Å². The fraction of sp³-hybridized carbons (Fsp3) is 0.786. The van der Waals surface area contributed by atoms with E-state index in [4.69, 9.17) is 4.74 Å². The maximum absolute atomic E-state index is 5.09. The lowest BCUT2D eigenvalue weighted by Crippen LogP contribution is -2.26. The van der Waals surface area contributed by atoms with Crippen LogP contribution >= 0.6 is 0 Å². The summed E-state index contributed by atoms with van der Waals surface area (Å²) in [6, 6.07) is 0.602. The van der Waals surface area contributed by atoms with Crippen LogP contribution in [0.15, 0.2) is 12.4 Å². The Balaban J connectivity index is 1.83. The van der Waals surface area contributed by atoms with Crippen molar-refractivity contribution in [2.24, 2.45) is 5.92 Å². The Kier molecular flexibility index (Phi) is 5.05. The number of nitrogens with one attached hydrogen (secondary N) is 1. The summed E-state index contributed by atoms with van der Waals surface area (Å²) in [6.45, 7) is 4.12. The second kappa shape index (κ2) is 6.78. The van der Waals surface area contributed by atoms with Crippen LogP contribution in [0, 0.1) is 5.92 Å². The van der Waals surface area contributed by atoms with Gasteiger partial charge in [0.25, 0.3) is 0 Å². The van der Waals surface area contributed by atoms with Gasteiger partial charge in [-0.1, -0.05) is 6.92 Å². The van der Waals surface area contributed by atoms with Gasteiger partial charge < -0.3 is 14.6 Å². The van der Waals surface area contributed by atoms with Crippen molar-refractivity contribution in [2.75, 3.05) is 19.0 Å². The van der Waals surface area contributed by atoms with Gasteiger partial charge in [0.05, 0.1) is 0 Å². The molecule has 4 heteroatoms. The maximum atomic E-state index is 5.09. The summed E-state index contributed by atoms with van der Waals surface area (Å²) in [5, 5.41) is 3.59. The van der Waals surface area contributed by atoms with E-state index < -0.39 is 0 Å². The standard InChI is InChI=1S/C14H25N3O/c1-12-4-6-13(7-5-12)16-14-15-8-10-17(14)9-3-11-18-2/h8,10,12-13H,3-7,9,11H2,1-2H3,(H,15,16). The van der Waals surface area contributed by atoms with Crippen molar-refractivity contribution in [3.8, 4) is 0 Å². The number of rotatable bonds is 6. The number of methoxy groups -OCH3 is 1. The molecule has 0 atom stereocenters. The Morgan fingerprint density at radius 3 is 2.89 bits per heavy atom. The number of imidazole rings is 1. The minimum Gasteiger partial charge on any atom is -0.385 e. The lowest BCUT2D eigenvalue weighted by Gasteiger charge is -2.27. The van der Waals surface area contributed by atoms with Crippen LogP contribution in [0.1, 0.15) is 39.0 Å². The van der Waals surface area contributed by atoms with Crippen molar-refractivity contribution >= 4 is 5.95 Å². The molecule has 0 aliphatic heterocycles. The van der Waals surface area contributed by atoms with Crippen molar-refractivity contribution in [3.63, 3.8) is 0 Å². The van der Waals surface area contributed by atoms with Crippen LogP contribution < -0.4 is 5.32 Å². The van der Waals surface area contributed by atoms with Crippen molar-refractivity contribution in [1.29, 1.82) is 0 Å². The summed E-state index contributed by atoms with van der Waals surface area (Å²) in [5.41, 5.74) is 0. The van der Waals surface area contributed by atoms with E-state index >= 15 is 0 Å². The van der Waals surface area contributed by atoms with E-state index in [1.807, 2.05) is 12.4 Å². The molecule has 1 N–H and O–H groups in total. The molecule has 0 saturated heterocycles. The van der Waals surface area contributed by atoms with Gasteiger partial charge in [-0.15, -0.1) is 0 Å². The number of ether oxygens (including phenoxy) is 1. The summed E-state index contributed by atoms with van der Waals surface area (Å²) in [4.78, 5) is 4.42. The molecule has 1 aliphatic carbocycles. The Morgan fingerprint density at radius 2 is 2.17 bits per heavy atom. The third-order valence-corrected chi connectivity index (χ3v) is 3.81. The lowest BCUT2D eigenvalue weighted by atomic mass is 9.87. The lowest BCUT2D eigenvalue weighted by molar-refractivity contribution is 0.190. The van der Waals surface area contributed by atoms with Crippen LogP contribution in [0.3, 0.4) is 0 Å². The van der Waals surface area contributed by atoms with Gasteiger partial charge >= 0.3 is 0 Å². The smallest absolute Gasteiger partial charge is 0.202 e. The molecule has 0 bridgehead atoms. The first-order valence-corrected chi connectivity index (χ1v) is 7.06. The van der Waals surface area contributed by atoms with E-state index in [1.165, 1.54) is 25.7 Å². The maximum Gasteiger partial charge on any atom is 0.202 e. The number of hydrogen-bond donors (Lipinski definition) is 1. The van der Waals surface area contributed by atoms with E-state index in [9.17, 15) is 0 Å². The minimum atomic E-state index is 0.602. The normalized spacial score (nSPS) is 24.1. The van der Waals surface area contributed by atoms with Gasteiger partial charge in [0, 0.05) is 38.7 Å². The topological polar surface area (TPSA) is 39.1 Å². The molecule has 2 rings (SSSR count). The average Bonchev–Trinajstić information content (AvgIpc) is 2.80. The fourth-order valence-corrected chi connectivity index (χ4v) is 2.60. The number of aromatic nitrogens is 2. The van der Waals surface area contributed by atoms with E-state index in [0.29, 0.717) is 6.04 Å². The highest BCUT2D eigenvalue weighted by Crippen LogP contribution is 2.25. The van der Waals surface area contributed by atoms with Gasteiger partial charge in [-0.3, -0.25) is 0 Å². The second-order valence-electron chi connectivity index (χ2n) is 5.39. The molecule has 102 valence electrons. The summed E-state index contributed by atoms with van der Waals surface area (Å²) in [7, 11) is 1.75. The van der Waals surface area contributed by atoms with Crippen LogP contribution in [0.25, 0.3) is 0 Å². The molecule has 18 heavy (non-hydrogen) atoms. The zero-order chi connectivity index (χ0) is 12.8. The predicted molar refractivity (Wildman–Crippen MR) is 73.8 cm³/mol. The number of nitrogens with zero attached hydrogens (tertiary/aromatic N) is 2. The summed E-state index contributed by atoms with van der Waals surface area (Å²) < 4.78 is 7.28. The van der Waals surface area contributed by atoms with Crippen LogP contribution in [-0.4, -0.2) is 29.3 Å². The molecule has 1 aromatic heterocycles. The van der Waals surface area contributed by atoms with Crippen molar-refractivity contribution in [2.45, 2.75) is 51.6 Å². The largest absolute Gasteiger partial charge is 0.385 e. The quantitative estimate of drug-likeness (QED) is 0.790. The Bertz CT molecular complexity index is 343. The predicted octanol–water partition coefficient (Wildman–Crippen LogP) is 2.91. The second-order valence-corrected chi connectivity index (χ2v) is 5.39. The molecule has 1 saturated carbocycles. The molecule has 0 aromatic carbocycles. The highest BCUT2D eigenvalue weighted by molar-refractivity contribution is 5.27. The molecule has 4 nitrogen and oxygen atoms in total.